The minimum atomic E-state index is 0.514. The topological polar surface area (TPSA) is 24.5 Å². The Morgan fingerprint density at radius 2 is 2.15 bits per heavy atom. The molecule has 0 saturated heterocycles. The Morgan fingerprint density at radius 3 is 2.95 bits per heavy atom. The fraction of sp³-hybridized carbons (Fsp3) is 0.647. The molecule has 3 heteroatoms. The van der Waals surface area contributed by atoms with Crippen LogP contribution in [0.25, 0.3) is 0 Å². The van der Waals surface area contributed by atoms with Gasteiger partial charge in [0.05, 0.1) is 0 Å². The van der Waals surface area contributed by atoms with Crippen LogP contribution in [0, 0.1) is 0 Å². The number of benzene rings is 1. The lowest BCUT2D eigenvalue weighted by Crippen LogP contribution is -2.26. The van der Waals surface area contributed by atoms with Crippen molar-refractivity contribution in [2.24, 2.45) is 0 Å². The second kappa shape index (κ2) is 8.28. The van der Waals surface area contributed by atoms with Gasteiger partial charge in [-0.2, -0.15) is 0 Å². The fourth-order valence-corrected chi connectivity index (χ4v) is 3.07. The Hall–Kier alpha value is -1.06. The van der Waals surface area contributed by atoms with E-state index < -0.39 is 0 Å². The molecule has 0 radical (unpaired) electrons. The molecule has 0 aliphatic carbocycles. The molecule has 112 valence electrons. The maximum Gasteiger partial charge on any atom is 0.0462 e. The predicted octanol–water partition coefficient (Wildman–Crippen LogP) is 3.36. The first-order valence-corrected chi connectivity index (χ1v) is 7.93. The third-order valence-electron chi connectivity index (χ3n) is 4.05. The number of methoxy groups -OCH3 is 1. The molecule has 1 aliphatic heterocycles. The van der Waals surface area contributed by atoms with Crippen LogP contribution in [0.3, 0.4) is 0 Å². The molecule has 3 nitrogen and oxygen atoms in total. The van der Waals surface area contributed by atoms with E-state index in [-0.39, 0.29) is 0 Å². The van der Waals surface area contributed by atoms with Crippen LogP contribution >= 0.6 is 0 Å². The highest BCUT2D eigenvalue weighted by molar-refractivity contribution is 5.55. The molecule has 1 atom stereocenters. The summed E-state index contributed by atoms with van der Waals surface area (Å²) in [6, 6.07) is 9.41. The Morgan fingerprint density at radius 1 is 1.30 bits per heavy atom. The van der Waals surface area contributed by atoms with Gasteiger partial charge in [0.1, 0.15) is 0 Å². The van der Waals surface area contributed by atoms with Crippen LogP contribution in [-0.4, -0.2) is 33.4 Å². The van der Waals surface area contributed by atoms with Gasteiger partial charge in [0.2, 0.25) is 0 Å². The number of anilines is 1. The standard InChI is InChI=1S/C17H28N2O/c1-3-18-16-10-8-13-19(12-6-7-14-20-2)17-11-5-4-9-15(16)17/h4-5,9,11,16,18H,3,6-8,10,12-14H2,1-2H3. The average molecular weight is 276 g/mol. The van der Waals surface area contributed by atoms with E-state index >= 15 is 0 Å². The first-order chi connectivity index (χ1) is 9.86. The van der Waals surface area contributed by atoms with Gasteiger partial charge in [-0.3, -0.25) is 0 Å². The number of nitrogens with one attached hydrogen (secondary N) is 1. The molecule has 2 rings (SSSR count). The summed E-state index contributed by atoms with van der Waals surface area (Å²) in [6.07, 6.45) is 4.84. The van der Waals surface area contributed by atoms with Crippen molar-refractivity contribution in [2.45, 2.75) is 38.6 Å². The van der Waals surface area contributed by atoms with Gasteiger partial charge in [0.15, 0.2) is 0 Å². The number of nitrogens with zero attached hydrogens (tertiary/aromatic N) is 1. The van der Waals surface area contributed by atoms with Crippen LogP contribution in [0.5, 0.6) is 0 Å². The molecule has 0 bridgehead atoms. The lowest BCUT2D eigenvalue weighted by atomic mass is 10.0. The highest BCUT2D eigenvalue weighted by Gasteiger charge is 2.21. The summed E-state index contributed by atoms with van der Waals surface area (Å²) in [7, 11) is 1.78. The van der Waals surface area contributed by atoms with Crippen molar-refractivity contribution in [2.75, 3.05) is 38.3 Å². The summed E-state index contributed by atoms with van der Waals surface area (Å²) < 4.78 is 5.15. The molecule has 0 aromatic heterocycles. The van der Waals surface area contributed by atoms with Gasteiger partial charge in [-0.15, -0.1) is 0 Å². The number of hydrogen-bond acceptors (Lipinski definition) is 3. The molecule has 1 heterocycles. The number of rotatable bonds is 7. The zero-order valence-electron chi connectivity index (χ0n) is 12.9. The zero-order chi connectivity index (χ0) is 14.2. The largest absolute Gasteiger partial charge is 0.385 e. The Balaban J connectivity index is 2.07. The van der Waals surface area contributed by atoms with E-state index in [4.69, 9.17) is 4.74 Å². The summed E-state index contributed by atoms with van der Waals surface area (Å²) in [6.45, 7) is 6.41. The SMILES string of the molecule is CCNC1CCCN(CCCCOC)c2ccccc21. The molecule has 0 saturated carbocycles. The number of fused-ring (bicyclic) bond motifs is 1. The van der Waals surface area contributed by atoms with E-state index in [1.165, 1.54) is 37.1 Å². The molecule has 1 unspecified atom stereocenters. The van der Waals surface area contributed by atoms with Gasteiger partial charge >= 0.3 is 0 Å². The quantitative estimate of drug-likeness (QED) is 0.773. The van der Waals surface area contributed by atoms with Crippen molar-refractivity contribution in [3.63, 3.8) is 0 Å². The van der Waals surface area contributed by atoms with Gasteiger partial charge in [-0.05, 0) is 43.9 Å². The molecule has 1 N–H and O–H groups in total. The molecule has 0 spiro atoms. The lowest BCUT2D eigenvalue weighted by molar-refractivity contribution is 0.193. The van der Waals surface area contributed by atoms with E-state index in [2.05, 4.69) is 41.4 Å². The fourth-order valence-electron chi connectivity index (χ4n) is 3.07. The highest BCUT2D eigenvalue weighted by Crippen LogP contribution is 2.32. The highest BCUT2D eigenvalue weighted by atomic mass is 16.5. The van der Waals surface area contributed by atoms with Crippen LogP contribution in [0.4, 0.5) is 5.69 Å². The van der Waals surface area contributed by atoms with Crippen LogP contribution < -0.4 is 10.2 Å². The summed E-state index contributed by atoms with van der Waals surface area (Å²) in [5.41, 5.74) is 2.90. The minimum absolute atomic E-state index is 0.514. The van der Waals surface area contributed by atoms with E-state index in [9.17, 15) is 0 Å². The number of ether oxygens (including phenoxy) is 1. The molecular weight excluding hydrogens is 248 g/mol. The maximum absolute atomic E-state index is 5.15. The van der Waals surface area contributed by atoms with E-state index in [0.717, 1.165) is 26.1 Å². The van der Waals surface area contributed by atoms with E-state index in [0.29, 0.717) is 6.04 Å². The van der Waals surface area contributed by atoms with E-state index in [1.54, 1.807) is 7.11 Å². The first-order valence-electron chi connectivity index (χ1n) is 7.93. The Bertz CT molecular complexity index is 394. The smallest absolute Gasteiger partial charge is 0.0462 e. The first kappa shape index (κ1) is 15.3. The average Bonchev–Trinajstić information content (AvgIpc) is 2.65. The molecular formula is C17H28N2O. The molecule has 1 aromatic carbocycles. The molecule has 0 fully saturated rings. The number of hydrogen-bond donors (Lipinski definition) is 1. The summed E-state index contributed by atoms with van der Waals surface area (Å²) in [4.78, 5) is 2.56. The molecule has 1 aromatic rings. The van der Waals surface area contributed by atoms with Crippen LogP contribution in [0.15, 0.2) is 24.3 Å². The maximum atomic E-state index is 5.15. The summed E-state index contributed by atoms with van der Waals surface area (Å²) in [5.74, 6) is 0. The second-order valence-corrected chi connectivity index (χ2v) is 5.50. The van der Waals surface area contributed by atoms with Crippen molar-refractivity contribution in [3.05, 3.63) is 29.8 Å². The molecule has 0 amide bonds. The monoisotopic (exact) mass is 276 g/mol. The van der Waals surface area contributed by atoms with Crippen molar-refractivity contribution in [1.82, 2.24) is 5.32 Å². The van der Waals surface area contributed by atoms with Crippen LogP contribution in [0.2, 0.25) is 0 Å². The van der Waals surface area contributed by atoms with Gasteiger partial charge in [-0.1, -0.05) is 25.1 Å². The third kappa shape index (κ3) is 3.97. The summed E-state index contributed by atoms with van der Waals surface area (Å²) in [5, 5.41) is 3.63. The zero-order valence-corrected chi connectivity index (χ0v) is 12.9. The molecule has 20 heavy (non-hydrogen) atoms. The van der Waals surface area contributed by atoms with Crippen molar-refractivity contribution < 1.29 is 4.74 Å². The second-order valence-electron chi connectivity index (χ2n) is 5.50. The summed E-state index contributed by atoms with van der Waals surface area (Å²) >= 11 is 0. The van der Waals surface area contributed by atoms with Gasteiger partial charge in [0, 0.05) is 38.5 Å². The lowest BCUT2D eigenvalue weighted by Gasteiger charge is -2.26. The Labute approximate surface area is 123 Å². The minimum Gasteiger partial charge on any atom is -0.385 e. The number of unbranched alkanes of at least 4 members (excludes halogenated alkanes) is 1. The van der Waals surface area contributed by atoms with Crippen molar-refractivity contribution in [3.8, 4) is 0 Å². The predicted molar refractivity (Wildman–Crippen MR) is 85.4 cm³/mol. The van der Waals surface area contributed by atoms with Gasteiger partial charge in [0.25, 0.3) is 0 Å². The van der Waals surface area contributed by atoms with Gasteiger partial charge < -0.3 is 15.0 Å². The number of para-hydroxylation sites is 1. The third-order valence-corrected chi connectivity index (χ3v) is 4.05. The van der Waals surface area contributed by atoms with Crippen LogP contribution in [-0.2, 0) is 4.74 Å². The van der Waals surface area contributed by atoms with Crippen molar-refractivity contribution in [1.29, 1.82) is 0 Å². The van der Waals surface area contributed by atoms with Crippen molar-refractivity contribution >= 4 is 5.69 Å². The normalized spacial score (nSPS) is 18.7. The van der Waals surface area contributed by atoms with Gasteiger partial charge in [-0.25, -0.2) is 0 Å². The molecule has 1 aliphatic rings. The van der Waals surface area contributed by atoms with E-state index in [1.807, 2.05) is 0 Å². The van der Waals surface area contributed by atoms with Crippen LogP contribution in [0.1, 0.15) is 44.2 Å². The Kier molecular flexibility index (Phi) is 6.34.